The van der Waals surface area contributed by atoms with E-state index in [1.807, 2.05) is 4.90 Å². The molecule has 0 saturated carbocycles. The van der Waals surface area contributed by atoms with Gasteiger partial charge in [-0.05, 0) is 45.2 Å². The van der Waals surface area contributed by atoms with Crippen molar-refractivity contribution in [2.45, 2.75) is 44.6 Å². The van der Waals surface area contributed by atoms with Crippen LogP contribution in [0.2, 0.25) is 0 Å². The fourth-order valence-corrected chi connectivity index (χ4v) is 4.92. The monoisotopic (exact) mass is 429 g/mol. The van der Waals surface area contributed by atoms with Gasteiger partial charge in [0, 0.05) is 37.2 Å². The molecule has 8 nitrogen and oxygen atoms in total. The molecule has 0 aromatic heterocycles. The molecule has 0 bridgehead atoms. The van der Waals surface area contributed by atoms with Crippen molar-refractivity contribution in [2.75, 3.05) is 45.3 Å². The molecule has 8 heteroatoms. The number of piperidine rings is 2. The second-order valence-corrected chi connectivity index (χ2v) is 8.55. The summed E-state index contributed by atoms with van der Waals surface area (Å²) in [6.07, 6.45) is 5.02. The van der Waals surface area contributed by atoms with Crippen LogP contribution in [0.25, 0.3) is 0 Å². The molecule has 3 aliphatic rings. The number of ether oxygens (including phenoxy) is 2. The number of likely N-dealkylation sites (tertiary alicyclic amines) is 2. The number of hydrogen-bond donors (Lipinski definition) is 0. The molecule has 1 aromatic carbocycles. The summed E-state index contributed by atoms with van der Waals surface area (Å²) in [6.45, 7) is 3.05. The van der Waals surface area contributed by atoms with Crippen molar-refractivity contribution in [1.29, 1.82) is 0 Å². The van der Waals surface area contributed by atoms with Crippen LogP contribution in [0, 0.1) is 5.92 Å². The van der Waals surface area contributed by atoms with Gasteiger partial charge in [0.1, 0.15) is 11.5 Å². The number of imide groups is 1. The third kappa shape index (κ3) is 4.39. The van der Waals surface area contributed by atoms with E-state index in [2.05, 4.69) is 4.90 Å². The molecule has 0 aliphatic carbocycles. The van der Waals surface area contributed by atoms with Gasteiger partial charge in [-0.2, -0.15) is 0 Å². The van der Waals surface area contributed by atoms with E-state index in [1.165, 1.54) is 25.5 Å². The Kier molecular flexibility index (Phi) is 6.46. The summed E-state index contributed by atoms with van der Waals surface area (Å²) in [6, 6.07) is 4.57. The normalized spacial score (nSPS) is 23.4. The van der Waals surface area contributed by atoms with Crippen molar-refractivity contribution < 1.29 is 23.9 Å². The molecule has 0 radical (unpaired) electrons. The summed E-state index contributed by atoms with van der Waals surface area (Å²) in [5.41, 5.74) is 0.462. The van der Waals surface area contributed by atoms with Crippen molar-refractivity contribution in [3.8, 4) is 11.5 Å². The van der Waals surface area contributed by atoms with Crippen LogP contribution in [0.5, 0.6) is 11.5 Å². The molecule has 3 amide bonds. The smallest absolute Gasteiger partial charge is 0.251 e. The first-order chi connectivity index (χ1) is 15.0. The van der Waals surface area contributed by atoms with Crippen LogP contribution < -0.4 is 14.4 Å². The molecule has 0 spiro atoms. The van der Waals surface area contributed by atoms with Crippen LogP contribution in [0.1, 0.15) is 38.5 Å². The van der Waals surface area contributed by atoms with Gasteiger partial charge in [0.05, 0.1) is 32.4 Å². The number of carbonyl (C=O) groups excluding carboxylic acids is 3. The van der Waals surface area contributed by atoms with Crippen LogP contribution >= 0.6 is 0 Å². The lowest BCUT2D eigenvalue weighted by atomic mass is 9.93. The second kappa shape index (κ2) is 9.26. The molecule has 3 fully saturated rings. The number of benzene rings is 1. The first kappa shape index (κ1) is 21.6. The van der Waals surface area contributed by atoms with Gasteiger partial charge in [-0.3, -0.25) is 19.3 Å². The lowest BCUT2D eigenvalue weighted by molar-refractivity contribution is -0.138. The fraction of sp³-hybridized carbons (Fsp3) is 0.609. The van der Waals surface area contributed by atoms with E-state index in [-0.39, 0.29) is 30.1 Å². The molecule has 3 saturated heterocycles. The standard InChI is InChI=1S/C23H31N3O5/c1-30-18-12-17(13-19(14-18)31-2)26-21(27)15-20(23(26)29)24-10-6-16(7-11-24)22(28)25-8-4-3-5-9-25/h12-14,16,20H,3-11,15H2,1-2H3/t20-/m0/s1. The number of anilines is 1. The fourth-order valence-electron chi connectivity index (χ4n) is 4.92. The van der Waals surface area contributed by atoms with Crippen LogP contribution in [0.15, 0.2) is 18.2 Å². The molecule has 0 N–H and O–H groups in total. The number of hydrogen-bond acceptors (Lipinski definition) is 6. The van der Waals surface area contributed by atoms with Crippen molar-refractivity contribution in [3.63, 3.8) is 0 Å². The topological polar surface area (TPSA) is 79.4 Å². The number of nitrogens with zero attached hydrogens (tertiary/aromatic N) is 3. The predicted octanol–water partition coefficient (Wildman–Crippen LogP) is 2.06. The largest absolute Gasteiger partial charge is 0.497 e. The SMILES string of the molecule is COc1cc(OC)cc(N2C(=O)C[C@H](N3CCC(C(=O)N4CCCCC4)CC3)C2=O)c1. The number of methoxy groups -OCH3 is 2. The molecular weight excluding hydrogens is 398 g/mol. The molecule has 1 atom stereocenters. The van der Waals surface area contributed by atoms with Gasteiger partial charge >= 0.3 is 0 Å². The molecule has 0 unspecified atom stereocenters. The zero-order chi connectivity index (χ0) is 22.0. The van der Waals surface area contributed by atoms with Crippen LogP contribution in [0.3, 0.4) is 0 Å². The quantitative estimate of drug-likeness (QED) is 0.667. The average Bonchev–Trinajstić information content (AvgIpc) is 3.12. The van der Waals surface area contributed by atoms with Crippen LogP contribution in [0.4, 0.5) is 5.69 Å². The molecule has 31 heavy (non-hydrogen) atoms. The second-order valence-electron chi connectivity index (χ2n) is 8.55. The van der Waals surface area contributed by atoms with Crippen molar-refractivity contribution in [1.82, 2.24) is 9.80 Å². The van der Waals surface area contributed by atoms with E-state index in [9.17, 15) is 14.4 Å². The van der Waals surface area contributed by atoms with E-state index >= 15 is 0 Å². The summed E-state index contributed by atoms with van der Waals surface area (Å²) in [5.74, 6) is 0.891. The minimum absolute atomic E-state index is 0.0281. The lowest BCUT2D eigenvalue weighted by Crippen LogP contribution is -2.49. The maximum absolute atomic E-state index is 13.2. The molecule has 168 valence electrons. The highest BCUT2D eigenvalue weighted by Crippen LogP contribution is 2.34. The van der Waals surface area contributed by atoms with E-state index in [0.29, 0.717) is 30.3 Å². The van der Waals surface area contributed by atoms with Gasteiger partial charge in [-0.25, -0.2) is 4.90 Å². The van der Waals surface area contributed by atoms with E-state index in [4.69, 9.17) is 9.47 Å². The third-order valence-electron chi connectivity index (χ3n) is 6.70. The molecular formula is C23H31N3O5. The average molecular weight is 430 g/mol. The Bertz CT molecular complexity index is 821. The zero-order valence-corrected chi connectivity index (χ0v) is 18.3. The lowest BCUT2D eigenvalue weighted by Gasteiger charge is -2.37. The van der Waals surface area contributed by atoms with Gasteiger partial charge in [0.15, 0.2) is 0 Å². The maximum Gasteiger partial charge on any atom is 0.251 e. The first-order valence-corrected chi connectivity index (χ1v) is 11.1. The molecule has 3 aliphatic heterocycles. The highest BCUT2D eigenvalue weighted by atomic mass is 16.5. The van der Waals surface area contributed by atoms with Gasteiger partial charge in [-0.1, -0.05) is 0 Å². The highest BCUT2D eigenvalue weighted by Gasteiger charge is 2.44. The minimum Gasteiger partial charge on any atom is -0.497 e. The van der Waals surface area contributed by atoms with E-state index in [0.717, 1.165) is 38.8 Å². The Hall–Kier alpha value is -2.61. The van der Waals surface area contributed by atoms with Crippen molar-refractivity contribution >= 4 is 23.4 Å². The Morgan fingerprint density at radius 3 is 2.10 bits per heavy atom. The number of rotatable bonds is 5. The Balaban J connectivity index is 1.41. The predicted molar refractivity (Wildman–Crippen MR) is 115 cm³/mol. The summed E-state index contributed by atoms with van der Waals surface area (Å²) in [7, 11) is 3.06. The van der Waals surface area contributed by atoms with Gasteiger partial charge in [-0.15, -0.1) is 0 Å². The zero-order valence-electron chi connectivity index (χ0n) is 18.3. The molecule has 1 aromatic rings. The summed E-state index contributed by atoms with van der Waals surface area (Å²) in [5, 5.41) is 0. The van der Waals surface area contributed by atoms with Crippen molar-refractivity contribution in [2.24, 2.45) is 5.92 Å². The van der Waals surface area contributed by atoms with E-state index < -0.39 is 6.04 Å². The minimum atomic E-state index is -0.476. The summed E-state index contributed by atoms with van der Waals surface area (Å²) in [4.78, 5) is 44.1. The Morgan fingerprint density at radius 2 is 1.52 bits per heavy atom. The Labute approximate surface area is 183 Å². The number of amides is 3. The van der Waals surface area contributed by atoms with Gasteiger partial charge < -0.3 is 14.4 Å². The van der Waals surface area contributed by atoms with Gasteiger partial charge in [0.25, 0.3) is 5.91 Å². The maximum atomic E-state index is 13.2. The van der Waals surface area contributed by atoms with Crippen molar-refractivity contribution in [3.05, 3.63) is 18.2 Å². The van der Waals surface area contributed by atoms with Crippen LogP contribution in [-0.4, -0.2) is 74.0 Å². The third-order valence-corrected chi connectivity index (χ3v) is 6.70. The van der Waals surface area contributed by atoms with E-state index in [1.54, 1.807) is 18.2 Å². The molecule has 3 heterocycles. The Morgan fingerprint density at radius 1 is 0.903 bits per heavy atom. The number of carbonyl (C=O) groups is 3. The van der Waals surface area contributed by atoms with Crippen LogP contribution in [-0.2, 0) is 14.4 Å². The summed E-state index contributed by atoms with van der Waals surface area (Å²) < 4.78 is 10.6. The summed E-state index contributed by atoms with van der Waals surface area (Å²) >= 11 is 0. The highest BCUT2D eigenvalue weighted by molar-refractivity contribution is 6.22. The first-order valence-electron chi connectivity index (χ1n) is 11.1. The van der Waals surface area contributed by atoms with Gasteiger partial charge in [0.2, 0.25) is 11.8 Å². The molecule has 4 rings (SSSR count).